The molecule has 1 saturated carbocycles. The monoisotopic (exact) mass is 308 g/mol. The van der Waals surface area contributed by atoms with Gasteiger partial charge in [-0.1, -0.05) is 42.6 Å². The van der Waals surface area contributed by atoms with Crippen LogP contribution in [0.5, 0.6) is 0 Å². The molecule has 21 heavy (non-hydrogen) atoms. The van der Waals surface area contributed by atoms with Gasteiger partial charge in [-0.2, -0.15) is 0 Å². The minimum atomic E-state index is -0.400. The molecule has 1 aromatic heterocycles. The number of nitrogens with zero attached hydrogens (tertiary/aromatic N) is 1. The summed E-state index contributed by atoms with van der Waals surface area (Å²) in [6.07, 6.45) is 4.29. The van der Waals surface area contributed by atoms with Crippen LogP contribution in [0.4, 0.5) is 10.2 Å². The van der Waals surface area contributed by atoms with E-state index < -0.39 is 5.82 Å². The lowest BCUT2D eigenvalue weighted by molar-refractivity contribution is 0.289. The summed E-state index contributed by atoms with van der Waals surface area (Å²) in [7, 11) is 0. The zero-order chi connectivity index (χ0) is 15.0. The number of rotatable bonds is 2. The van der Waals surface area contributed by atoms with Gasteiger partial charge < -0.3 is 10.3 Å². The SMILES string of the molecule is CC1CCC(c2onc(N)c2-c2c(F)cccc2Cl)CC1. The van der Waals surface area contributed by atoms with Crippen LogP contribution in [0, 0.1) is 11.7 Å². The van der Waals surface area contributed by atoms with Crippen LogP contribution < -0.4 is 5.73 Å². The first-order chi connectivity index (χ1) is 10.1. The average molecular weight is 309 g/mol. The molecule has 0 unspecified atom stereocenters. The molecule has 2 N–H and O–H groups in total. The number of halogens is 2. The first-order valence-electron chi connectivity index (χ1n) is 7.27. The van der Waals surface area contributed by atoms with E-state index in [1.165, 1.54) is 6.07 Å². The van der Waals surface area contributed by atoms with Crippen LogP contribution in [0.25, 0.3) is 11.1 Å². The number of nitrogen functional groups attached to an aromatic ring is 1. The summed E-state index contributed by atoms with van der Waals surface area (Å²) in [5, 5.41) is 4.18. The van der Waals surface area contributed by atoms with Gasteiger partial charge in [-0.3, -0.25) is 0 Å². The first-order valence-corrected chi connectivity index (χ1v) is 7.65. The van der Waals surface area contributed by atoms with E-state index in [1.807, 2.05) is 0 Å². The second kappa shape index (κ2) is 5.68. The van der Waals surface area contributed by atoms with E-state index >= 15 is 0 Å². The van der Waals surface area contributed by atoms with E-state index in [-0.39, 0.29) is 11.7 Å². The Labute approximate surface area is 128 Å². The third kappa shape index (κ3) is 2.64. The molecule has 3 rings (SSSR count). The standard InChI is InChI=1S/C16H18ClFN2O/c1-9-5-7-10(8-6-9)15-14(16(19)20-21-15)13-11(17)3-2-4-12(13)18/h2-4,9-10H,5-8H2,1H3,(H2,19,20). The van der Waals surface area contributed by atoms with E-state index in [1.54, 1.807) is 12.1 Å². The van der Waals surface area contributed by atoms with E-state index in [0.29, 0.717) is 21.9 Å². The number of aromatic nitrogens is 1. The number of hydrogen-bond acceptors (Lipinski definition) is 3. The molecule has 2 aromatic rings. The highest BCUT2D eigenvalue weighted by Crippen LogP contribution is 2.44. The minimum Gasteiger partial charge on any atom is -0.380 e. The lowest BCUT2D eigenvalue weighted by atomic mass is 9.80. The Morgan fingerprint density at radius 2 is 1.95 bits per heavy atom. The van der Waals surface area contributed by atoms with Crippen LogP contribution in [0.15, 0.2) is 22.7 Å². The van der Waals surface area contributed by atoms with Crippen LogP contribution in [0.1, 0.15) is 44.3 Å². The number of nitrogens with two attached hydrogens (primary N) is 1. The van der Waals surface area contributed by atoms with Gasteiger partial charge in [-0.25, -0.2) is 4.39 Å². The fourth-order valence-electron chi connectivity index (χ4n) is 3.10. The largest absolute Gasteiger partial charge is 0.380 e. The molecule has 5 heteroatoms. The van der Waals surface area contributed by atoms with E-state index in [9.17, 15) is 4.39 Å². The maximum atomic E-state index is 14.2. The van der Waals surface area contributed by atoms with Crippen LogP contribution in [0.2, 0.25) is 5.02 Å². The van der Waals surface area contributed by atoms with Gasteiger partial charge in [-0.15, -0.1) is 0 Å². The maximum Gasteiger partial charge on any atom is 0.175 e. The van der Waals surface area contributed by atoms with Crippen LogP contribution in [0.3, 0.4) is 0 Å². The highest BCUT2D eigenvalue weighted by molar-refractivity contribution is 6.33. The van der Waals surface area contributed by atoms with Crippen LogP contribution in [-0.2, 0) is 0 Å². The molecule has 1 heterocycles. The van der Waals surface area contributed by atoms with Crippen molar-refractivity contribution in [3.05, 3.63) is 34.8 Å². The van der Waals surface area contributed by atoms with Crippen molar-refractivity contribution in [1.29, 1.82) is 0 Å². The van der Waals surface area contributed by atoms with Crippen LogP contribution in [-0.4, -0.2) is 5.16 Å². The lowest BCUT2D eigenvalue weighted by Crippen LogP contribution is -2.11. The molecular weight excluding hydrogens is 291 g/mol. The van der Waals surface area contributed by atoms with Crippen molar-refractivity contribution in [3.63, 3.8) is 0 Å². The van der Waals surface area contributed by atoms with E-state index in [2.05, 4.69) is 12.1 Å². The zero-order valence-corrected chi connectivity index (χ0v) is 12.7. The van der Waals surface area contributed by atoms with Gasteiger partial charge in [-0.05, 0) is 30.9 Å². The smallest absolute Gasteiger partial charge is 0.175 e. The summed E-state index contributed by atoms with van der Waals surface area (Å²) in [5.41, 5.74) is 6.74. The molecular formula is C16H18ClFN2O. The summed E-state index contributed by atoms with van der Waals surface area (Å²) in [4.78, 5) is 0. The molecule has 0 saturated heterocycles. The van der Waals surface area contributed by atoms with Gasteiger partial charge in [0.25, 0.3) is 0 Å². The van der Waals surface area contributed by atoms with Gasteiger partial charge >= 0.3 is 0 Å². The van der Waals surface area contributed by atoms with Crippen molar-refractivity contribution in [3.8, 4) is 11.1 Å². The van der Waals surface area contributed by atoms with Gasteiger partial charge in [0, 0.05) is 11.5 Å². The molecule has 0 spiro atoms. The Bertz CT molecular complexity index is 627. The molecule has 0 amide bonds. The number of hydrogen-bond donors (Lipinski definition) is 1. The Hall–Kier alpha value is -1.55. The average Bonchev–Trinajstić information content (AvgIpc) is 2.82. The second-order valence-corrected chi connectivity index (χ2v) is 6.27. The molecule has 1 aliphatic rings. The number of anilines is 1. The Balaban J connectivity index is 2.05. The Morgan fingerprint density at radius 1 is 1.24 bits per heavy atom. The third-order valence-electron chi connectivity index (χ3n) is 4.34. The summed E-state index contributed by atoms with van der Waals surface area (Å²) < 4.78 is 19.6. The molecule has 1 aromatic carbocycles. The highest BCUT2D eigenvalue weighted by Gasteiger charge is 2.29. The molecule has 0 atom stereocenters. The molecule has 0 bridgehead atoms. The van der Waals surface area contributed by atoms with Gasteiger partial charge in [0.1, 0.15) is 11.6 Å². The van der Waals surface area contributed by atoms with E-state index in [0.717, 1.165) is 31.6 Å². The molecule has 1 fully saturated rings. The predicted octanol–water partition coefficient (Wildman–Crippen LogP) is 5.01. The second-order valence-electron chi connectivity index (χ2n) is 5.86. The Kier molecular flexibility index (Phi) is 3.89. The molecule has 0 radical (unpaired) electrons. The Morgan fingerprint density at radius 3 is 2.62 bits per heavy atom. The summed E-state index contributed by atoms with van der Waals surface area (Å²) in [5.74, 6) is 1.43. The topological polar surface area (TPSA) is 52.0 Å². The summed E-state index contributed by atoms with van der Waals surface area (Å²) in [6.45, 7) is 2.25. The number of benzene rings is 1. The quantitative estimate of drug-likeness (QED) is 0.848. The fourth-order valence-corrected chi connectivity index (χ4v) is 3.36. The molecule has 0 aliphatic heterocycles. The van der Waals surface area contributed by atoms with Crippen LogP contribution >= 0.6 is 11.6 Å². The van der Waals surface area contributed by atoms with Gasteiger partial charge in [0.15, 0.2) is 5.82 Å². The van der Waals surface area contributed by atoms with Gasteiger partial charge in [0.05, 0.1) is 10.6 Å². The normalized spacial score (nSPS) is 22.4. The minimum absolute atomic E-state index is 0.204. The third-order valence-corrected chi connectivity index (χ3v) is 4.66. The first kappa shape index (κ1) is 14.4. The summed E-state index contributed by atoms with van der Waals surface area (Å²) in [6, 6.07) is 4.60. The lowest BCUT2D eigenvalue weighted by Gasteiger charge is -2.25. The van der Waals surface area contributed by atoms with Crippen molar-refractivity contribution in [1.82, 2.24) is 5.16 Å². The van der Waals surface area contributed by atoms with Crippen molar-refractivity contribution in [2.75, 3.05) is 5.73 Å². The van der Waals surface area contributed by atoms with E-state index in [4.69, 9.17) is 21.9 Å². The molecule has 1 aliphatic carbocycles. The predicted molar refractivity (Wildman–Crippen MR) is 81.7 cm³/mol. The maximum absolute atomic E-state index is 14.2. The van der Waals surface area contributed by atoms with Crippen molar-refractivity contribution < 1.29 is 8.91 Å². The highest BCUT2D eigenvalue weighted by atomic mass is 35.5. The van der Waals surface area contributed by atoms with Crippen molar-refractivity contribution in [2.45, 2.75) is 38.5 Å². The van der Waals surface area contributed by atoms with Crippen molar-refractivity contribution in [2.24, 2.45) is 5.92 Å². The van der Waals surface area contributed by atoms with Gasteiger partial charge in [0.2, 0.25) is 0 Å². The summed E-state index contributed by atoms with van der Waals surface area (Å²) >= 11 is 6.16. The van der Waals surface area contributed by atoms with Crippen molar-refractivity contribution >= 4 is 17.4 Å². The molecule has 3 nitrogen and oxygen atoms in total. The fraction of sp³-hybridized carbons (Fsp3) is 0.438. The zero-order valence-electron chi connectivity index (χ0n) is 11.9. The molecule has 112 valence electrons.